The molecule has 6 nitrogen and oxygen atoms in total. The molecule has 1 aliphatic rings. The van der Waals surface area contributed by atoms with Crippen molar-refractivity contribution in [2.45, 2.75) is 19.1 Å². The molecule has 0 amide bonds. The molecule has 1 atom stereocenters. The Bertz CT molecular complexity index is 195. The maximum atomic E-state index is 10.7. The van der Waals surface area contributed by atoms with E-state index in [0.29, 0.717) is 0 Å². The standard InChI is InChI=1S/C6H13O6P/c1-5(2-7)12-6-3-10-13(8,9)11-4-6/h5-7H,2-4H2,1H3,(H,8,9). The number of aliphatic hydroxyl groups excluding tert-OH is 1. The van der Waals surface area contributed by atoms with Gasteiger partial charge in [0.05, 0.1) is 25.9 Å². The van der Waals surface area contributed by atoms with Crippen molar-refractivity contribution in [3.63, 3.8) is 0 Å². The van der Waals surface area contributed by atoms with Gasteiger partial charge in [-0.15, -0.1) is 0 Å². The van der Waals surface area contributed by atoms with Crippen molar-refractivity contribution in [3.8, 4) is 0 Å². The molecule has 1 saturated heterocycles. The minimum absolute atomic E-state index is 0.0120. The van der Waals surface area contributed by atoms with Crippen LogP contribution in [0.5, 0.6) is 0 Å². The summed E-state index contributed by atoms with van der Waals surface area (Å²) in [5.74, 6) is 0. The molecular formula is C6H13O6P. The van der Waals surface area contributed by atoms with Crippen LogP contribution in [0.4, 0.5) is 0 Å². The fourth-order valence-corrected chi connectivity index (χ4v) is 1.67. The van der Waals surface area contributed by atoms with Crippen molar-refractivity contribution in [1.82, 2.24) is 0 Å². The summed E-state index contributed by atoms with van der Waals surface area (Å²) >= 11 is 0. The third kappa shape index (κ3) is 3.72. The minimum atomic E-state index is -3.82. The van der Waals surface area contributed by atoms with Gasteiger partial charge in [-0.05, 0) is 6.92 Å². The summed E-state index contributed by atoms with van der Waals surface area (Å²) in [7, 11) is -3.82. The van der Waals surface area contributed by atoms with Gasteiger partial charge in [-0.1, -0.05) is 0 Å². The highest BCUT2D eigenvalue weighted by atomic mass is 31.2. The third-order valence-electron chi connectivity index (χ3n) is 1.53. The molecule has 0 saturated carbocycles. The molecule has 1 fully saturated rings. The maximum absolute atomic E-state index is 10.7. The molecule has 0 radical (unpaired) electrons. The number of hydrogen-bond acceptors (Lipinski definition) is 5. The van der Waals surface area contributed by atoms with E-state index in [0.717, 1.165) is 0 Å². The van der Waals surface area contributed by atoms with Crippen LogP contribution in [-0.2, 0) is 18.3 Å². The van der Waals surface area contributed by atoms with Crippen molar-refractivity contribution in [3.05, 3.63) is 0 Å². The molecule has 1 aliphatic heterocycles. The summed E-state index contributed by atoms with van der Waals surface area (Å²) in [6.07, 6.45) is -0.718. The van der Waals surface area contributed by atoms with Gasteiger partial charge in [0.2, 0.25) is 0 Å². The molecule has 0 aromatic carbocycles. The first kappa shape index (κ1) is 11.1. The van der Waals surface area contributed by atoms with Gasteiger partial charge >= 0.3 is 7.82 Å². The molecule has 0 aromatic heterocycles. The van der Waals surface area contributed by atoms with Crippen LogP contribution in [0, 0.1) is 0 Å². The molecular weight excluding hydrogens is 199 g/mol. The van der Waals surface area contributed by atoms with Crippen LogP contribution in [0.1, 0.15) is 6.92 Å². The fourth-order valence-electron chi connectivity index (χ4n) is 0.890. The van der Waals surface area contributed by atoms with E-state index in [4.69, 9.17) is 14.7 Å². The van der Waals surface area contributed by atoms with E-state index in [1.165, 1.54) is 0 Å². The third-order valence-corrected chi connectivity index (χ3v) is 2.48. The van der Waals surface area contributed by atoms with Crippen LogP contribution < -0.4 is 0 Å². The van der Waals surface area contributed by atoms with Gasteiger partial charge in [0.25, 0.3) is 0 Å². The Morgan fingerprint density at radius 3 is 2.62 bits per heavy atom. The first-order valence-corrected chi connectivity index (χ1v) is 5.41. The lowest BCUT2D eigenvalue weighted by Gasteiger charge is -2.27. The quantitative estimate of drug-likeness (QED) is 0.635. The fraction of sp³-hybridized carbons (Fsp3) is 1.00. The minimum Gasteiger partial charge on any atom is -0.394 e. The molecule has 1 heterocycles. The zero-order valence-corrected chi connectivity index (χ0v) is 8.15. The molecule has 2 N–H and O–H groups in total. The van der Waals surface area contributed by atoms with Crippen LogP contribution in [0.15, 0.2) is 0 Å². The topological polar surface area (TPSA) is 85.2 Å². The summed E-state index contributed by atoms with van der Waals surface area (Å²) in [5, 5.41) is 8.66. The second-order valence-corrected chi connectivity index (χ2v) is 4.26. The predicted molar refractivity (Wildman–Crippen MR) is 43.2 cm³/mol. The van der Waals surface area contributed by atoms with Crippen molar-refractivity contribution >= 4 is 7.82 Å². The van der Waals surface area contributed by atoms with Gasteiger partial charge in [-0.25, -0.2) is 4.57 Å². The molecule has 0 spiro atoms. The number of ether oxygens (including phenoxy) is 1. The van der Waals surface area contributed by atoms with Gasteiger partial charge in [0, 0.05) is 0 Å². The largest absolute Gasteiger partial charge is 0.472 e. The van der Waals surface area contributed by atoms with Gasteiger partial charge < -0.3 is 14.7 Å². The van der Waals surface area contributed by atoms with Crippen molar-refractivity contribution in [2.75, 3.05) is 19.8 Å². The Morgan fingerprint density at radius 1 is 1.62 bits per heavy atom. The normalized spacial score (nSPS) is 37.3. The molecule has 1 rings (SSSR count). The zero-order valence-electron chi connectivity index (χ0n) is 7.25. The van der Waals surface area contributed by atoms with Gasteiger partial charge in [0.15, 0.2) is 0 Å². The number of aliphatic hydroxyl groups is 1. The molecule has 0 aromatic rings. The lowest BCUT2D eigenvalue weighted by molar-refractivity contribution is -0.0900. The predicted octanol–water partition coefficient (Wildman–Crippen LogP) is -0.100. The van der Waals surface area contributed by atoms with Crippen molar-refractivity contribution < 1.29 is 28.3 Å². The van der Waals surface area contributed by atoms with E-state index < -0.39 is 13.9 Å². The van der Waals surface area contributed by atoms with E-state index >= 15 is 0 Å². The first-order chi connectivity index (χ1) is 6.03. The molecule has 78 valence electrons. The lowest BCUT2D eigenvalue weighted by Crippen LogP contribution is -2.33. The maximum Gasteiger partial charge on any atom is 0.472 e. The van der Waals surface area contributed by atoms with E-state index in [-0.39, 0.29) is 25.9 Å². The number of phosphoric ester groups is 1. The summed E-state index contributed by atoms with van der Waals surface area (Å²) in [6.45, 7) is 1.61. The van der Waals surface area contributed by atoms with Crippen LogP contribution >= 0.6 is 7.82 Å². The zero-order chi connectivity index (χ0) is 9.90. The van der Waals surface area contributed by atoms with Gasteiger partial charge in [-0.3, -0.25) is 9.05 Å². The van der Waals surface area contributed by atoms with Gasteiger partial charge in [-0.2, -0.15) is 0 Å². The van der Waals surface area contributed by atoms with Crippen molar-refractivity contribution in [2.24, 2.45) is 0 Å². The van der Waals surface area contributed by atoms with Crippen LogP contribution in [-0.4, -0.2) is 42.0 Å². The monoisotopic (exact) mass is 212 g/mol. The molecule has 0 bridgehead atoms. The second-order valence-electron chi connectivity index (χ2n) is 2.81. The van der Waals surface area contributed by atoms with Crippen LogP contribution in [0.2, 0.25) is 0 Å². The van der Waals surface area contributed by atoms with Gasteiger partial charge in [0.1, 0.15) is 6.10 Å². The summed E-state index contributed by atoms with van der Waals surface area (Å²) in [4.78, 5) is 8.79. The van der Waals surface area contributed by atoms with E-state index in [1.807, 2.05) is 0 Å². The van der Waals surface area contributed by atoms with E-state index in [2.05, 4.69) is 9.05 Å². The molecule has 1 unspecified atom stereocenters. The Labute approximate surface area is 76.0 Å². The number of phosphoric acid groups is 1. The smallest absolute Gasteiger partial charge is 0.394 e. The number of hydrogen-bond donors (Lipinski definition) is 2. The second kappa shape index (κ2) is 4.50. The Hall–Kier alpha value is 0.0300. The van der Waals surface area contributed by atoms with E-state index in [1.54, 1.807) is 6.92 Å². The molecule has 7 heteroatoms. The Balaban J connectivity index is 2.29. The average molecular weight is 212 g/mol. The summed E-state index contributed by atoms with van der Waals surface area (Å²) < 4.78 is 25.0. The van der Waals surface area contributed by atoms with Crippen molar-refractivity contribution in [1.29, 1.82) is 0 Å². The highest BCUT2D eigenvalue weighted by Gasteiger charge is 2.31. The van der Waals surface area contributed by atoms with E-state index in [9.17, 15) is 4.57 Å². The first-order valence-electron chi connectivity index (χ1n) is 3.91. The highest BCUT2D eigenvalue weighted by Crippen LogP contribution is 2.46. The van der Waals surface area contributed by atoms with Crippen LogP contribution in [0.25, 0.3) is 0 Å². The van der Waals surface area contributed by atoms with Crippen LogP contribution in [0.3, 0.4) is 0 Å². The summed E-state index contributed by atoms with van der Waals surface area (Å²) in [5.41, 5.74) is 0. The Kier molecular flexibility index (Phi) is 3.85. The average Bonchev–Trinajstić information content (AvgIpc) is 2.08. The molecule has 0 aliphatic carbocycles. The Morgan fingerprint density at radius 2 is 2.15 bits per heavy atom. The highest BCUT2D eigenvalue weighted by molar-refractivity contribution is 7.47. The molecule has 13 heavy (non-hydrogen) atoms. The summed E-state index contributed by atoms with van der Waals surface area (Å²) in [6, 6.07) is 0. The SMILES string of the molecule is CC(CO)OC1COP(=O)(O)OC1. The lowest BCUT2D eigenvalue weighted by atomic mass is 10.3. The number of rotatable bonds is 3.